The lowest BCUT2D eigenvalue weighted by Gasteiger charge is -2.07. The zero-order valence-electron chi connectivity index (χ0n) is 9.66. The highest BCUT2D eigenvalue weighted by Crippen LogP contribution is 2.11. The van der Waals surface area contributed by atoms with E-state index in [1.165, 1.54) is 0 Å². The van der Waals surface area contributed by atoms with Crippen molar-refractivity contribution in [3.63, 3.8) is 0 Å². The highest BCUT2D eigenvalue weighted by atomic mass is 35.5. The van der Waals surface area contributed by atoms with E-state index in [-0.39, 0.29) is 0 Å². The van der Waals surface area contributed by atoms with Gasteiger partial charge in [-0.3, -0.25) is 4.98 Å². The Bertz CT molecular complexity index is 379. The minimum Gasteiger partial charge on any atom is -0.492 e. The number of alkyl halides is 1. The van der Waals surface area contributed by atoms with Crippen molar-refractivity contribution in [3.8, 4) is 17.6 Å². The van der Waals surface area contributed by atoms with Crippen LogP contribution in [0.25, 0.3) is 0 Å². The molecule has 0 aliphatic heterocycles. The van der Waals surface area contributed by atoms with Gasteiger partial charge in [-0.1, -0.05) is 25.7 Å². The van der Waals surface area contributed by atoms with Gasteiger partial charge in [0.1, 0.15) is 5.75 Å². The van der Waals surface area contributed by atoms with Crippen molar-refractivity contribution in [3.05, 3.63) is 24.0 Å². The molecule has 3 heteroatoms. The second-order valence-electron chi connectivity index (χ2n) is 3.88. The summed E-state index contributed by atoms with van der Waals surface area (Å²) in [4.78, 5) is 4.06. The number of hydrogen-bond acceptors (Lipinski definition) is 2. The van der Waals surface area contributed by atoms with Gasteiger partial charge in [0.25, 0.3) is 0 Å². The van der Waals surface area contributed by atoms with Crippen molar-refractivity contribution >= 4 is 11.6 Å². The Labute approximate surface area is 102 Å². The maximum absolute atomic E-state index is 5.57. The molecule has 2 nitrogen and oxygen atoms in total. The average molecular weight is 238 g/mol. The number of aromatic nitrogens is 1. The molecule has 86 valence electrons. The van der Waals surface area contributed by atoms with E-state index in [1.807, 2.05) is 6.07 Å². The Morgan fingerprint density at radius 3 is 2.94 bits per heavy atom. The van der Waals surface area contributed by atoms with E-state index in [4.69, 9.17) is 16.3 Å². The van der Waals surface area contributed by atoms with E-state index in [2.05, 4.69) is 30.7 Å². The molecule has 0 spiro atoms. The van der Waals surface area contributed by atoms with Crippen LogP contribution in [0.3, 0.4) is 0 Å². The second kappa shape index (κ2) is 7.14. The third kappa shape index (κ3) is 5.04. The van der Waals surface area contributed by atoms with E-state index in [0.29, 0.717) is 18.4 Å². The van der Waals surface area contributed by atoms with Gasteiger partial charge < -0.3 is 4.74 Å². The third-order valence-electron chi connectivity index (χ3n) is 1.98. The summed E-state index contributed by atoms with van der Waals surface area (Å²) in [6, 6.07) is 1.88. The minimum atomic E-state index is 0.332. The molecule has 1 heterocycles. The maximum Gasteiger partial charge on any atom is 0.138 e. The summed E-state index contributed by atoms with van der Waals surface area (Å²) in [6.45, 7) is 5.06. The van der Waals surface area contributed by atoms with Crippen molar-refractivity contribution in [1.82, 2.24) is 4.98 Å². The zero-order chi connectivity index (χ0) is 11.8. The van der Waals surface area contributed by atoms with Gasteiger partial charge in [0, 0.05) is 11.8 Å². The van der Waals surface area contributed by atoms with Crippen LogP contribution in [-0.4, -0.2) is 17.5 Å². The van der Waals surface area contributed by atoms with Crippen LogP contribution in [0.2, 0.25) is 0 Å². The molecule has 0 saturated carbocycles. The van der Waals surface area contributed by atoms with Gasteiger partial charge in [-0.2, -0.15) is 0 Å². The fourth-order valence-electron chi connectivity index (χ4n) is 1.11. The van der Waals surface area contributed by atoms with Crippen LogP contribution in [0.4, 0.5) is 0 Å². The van der Waals surface area contributed by atoms with Crippen LogP contribution >= 0.6 is 11.6 Å². The fourth-order valence-corrected chi connectivity index (χ4v) is 1.18. The van der Waals surface area contributed by atoms with Gasteiger partial charge in [0.15, 0.2) is 0 Å². The molecule has 1 aromatic rings. The van der Waals surface area contributed by atoms with Crippen molar-refractivity contribution in [2.45, 2.75) is 20.3 Å². The van der Waals surface area contributed by atoms with Crippen LogP contribution in [0.1, 0.15) is 25.8 Å². The Morgan fingerprint density at radius 1 is 1.44 bits per heavy atom. The van der Waals surface area contributed by atoms with E-state index in [0.717, 1.165) is 17.7 Å². The van der Waals surface area contributed by atoms with Crippen LogP contribution in [0, 0.1) is 17.8 Å². The van der Waals surface area contributed by atoms with E-state index >= 15 is 0 Å². The van der Waals surface area contributed by atoms with Gasteiger partial charge >= 0.3 is 0 Å². The Kier molecular flexibility index (Phi) is 5.74. The Balaban J connectivity index is 2.54. The molecule has 16 heavy (non-hydrogen) atoms. The lowest BCUT2D eigenvalue weighted by Crippen LogP contribution is -2.01. The normalized spacial score (nSPS) is 9.75. The lowest BCUT2D eigenvalue weighted by atomic mass is 10.1. The third-order valence-corrected chi connectivity index (χ3v) is 2.11. The topological polar surface area (TPSA) is 22.1 Å². The van der Waals surface area contributed by atoms with E-state index in [9.17, 15) is 0 Å². The first-order valence-electron chi connectivity index (χ1n) is 5.35. The molecular weight excluding hydrogens is 222 g/mol. The second-order valence-corrected chi connectivity index (χ2v) is 4.14. The number of pyridine rings is 1. The molecule has 0 aromatic carbocycles. The molecule has 0 saturated heterocycles. The summed E-state index contributed by atoms with van der Waals surface area (Å²) < 4.78 is 5.57. The Hall–Kier alpha value is -1.20. The number of halogens is 1. The molecular formula is C13H16ClNO. The smallest absolute Gasteiger partial charge is 0.138 e. The molecule has 0 unspecified atom stereocenters. The SMILES string of the molecule is CC(C)CCOc1cncc(C#CCCl)c1. The monoisotopic (exact) mass is 237 g/mol. The highest BCUT2D eigenvalue weighted by Gasteiger charge is 1.97. The maximum atomic E-state index is 5.57. The first kappa shape index (κ1) is 12.9. The molecule has 1 rings (SSSR count). The molecule has 0 atom stereocenters. The van der Waals surface area contributed by atoms with Gasteiger partial charge in [-0.25, -0.2) is 0 Å². The number of hydrogen-bond donors (Lipinski definition) is 0. The summed E-state index contributed by atoms with van der Waals surface area (Å²) >= 11 is 5.48. The molecule has 1 aromatic heterocycles. The van der Waals surface area contributed by atoms with Crippen LogP contribution in [-0.2, 0) is 0 Å². The summed E-state index contributed by atoms with van der Waals surface area (Å²) in [6.07, 6.45) is 4.44. The van der Waals surface area contributed by atoms with E-state index < -0.39 is 0 Å². The summed E-state index contributed by atoms with van der Waals surface area (Å²) in [7, 11) is 0. The molecule has 0 amide bonds. The largest absolute Gasteiger partial charge is 0.492 e. The quantitative estimate of drug-likeness (QED) is 0.593. The summed E-state index contributed by atoms with van der Waals surface area (Å²) in [5.41, 5.74) is 0.836. The summed E-state index contributed by atoms with van der Waals surface area (Å²) in [5.74, 6) is 7.44. The van der Waals surface area contributed by atoms with Crippen LogP contribution < -0.4 is 4.74 Å². The van der Waals surface area contributed by atoms with Crippen LogP contribution in [0.15, 0.2) is 18.5 Å². The first-order chi connectivity index (χ1) is 7.72. The molecule has 0 aliphatic rings. The predicted molar refractivity (Wildman–Crippen MR) is 66.8 cm³/mol. The van der Waals surface area contributed by atoms with Gasteiger partial charge in [0.2, 0.25) is 0 Å². The predicted octanol–water partition coefficient (Wildman–Crippen LogP) is 3.10. The van der Waals surface area contributed by atoms with Crippen molar-refractivity contribution in [2.24, 2.45) is 5.92 Å². The molecule has 0 N–H and O–H groups in total. The van der Waals surface area contributed by atoms with Crippen molar-refractivity contribution < 1.29 is 4.74 Å². The molecule has 0 aliphatic carbocycles. The molecule has 0 bridgehead atoms. The average Bonchev–Trinajstić information content (AvgIpc) is 2.26. The minimum absolute atomic E-state index is 0.332. The van der Waals surface area contributed by atoms with Gasteiger partial charge in [0.05, 0.1) is 18.7 Å². The number of ether oxygens (including phenoxy) is 1. The standard InChI is InChI=1S/C13H16ClNO/c1-11(2)5-7-16-13-8-12(4-3-6-14)9-15-10-13/h8-11H,5-7H2,1-2H3. The number of rotatable bonds is 4. The zero-order valence-corrected chi connectivity index (χ0v) is 10.4. The lowest BCUT2D eigenvalue weighted by molar-refractivity contribution is 0.288. The fraction of sp³-hybridized carbons (Fsp3) is 0.462. The number of nitrogens with zero attached hydrogens (tertiary/aromatic N) is 1. The van der Waals surface area contributed by atoms with Crippen LogP contribution in [0.5, 0.6) is 5.75 Å². The van der Waals surface area contributed by atoms with Gasteiger partial charge in [-0.05, 0) is 18.4 Å². The summed E-state index contributed by atoms with van der Waals surface area (Å²) in [5, 5.41) is 0. The van der Waals surface area contributed by atoms with Crippen molar-refractivity contribution in [2.75, 3.05) is 12.5 Å². The highest BCUT2D eigenvalue weighted by molar-refractivity contribution is 6.19. The molecule has 0 fully saturated rings. The molecule has 0 radical (unpaired) electrons. The Morgan fingerprint density at radius 2 is 2.25 bits per heavy atom. The first-order valence-corrected chi connectivity index (χ1v) is 5.88. The van der Waals surface area contributed by atoms with Crippen molar-refractivity contribution in [1.29, 1.82) is 0 Å². The van der Waals surface area contributed by atoms with Gasteiger partial charge in [-0.15, -0.1) is 11.6 Å². The van der Waals surface area contributed by atoms with E-state index in [1.54, 1.807) is 12.4 Å².